The van der Waals surface area contributed by atoms with Crippen LogP contribution < -0.4 is 9.64 Å². The number of furan rings is 1. The number of carbonyl (C=O) groups excluding carboxylic acids is 1. The summed E-state index contributed by atoms with van der Waals surface area (Å²) in [6.07, 6.45) is 2.59. The fourth-order valence-electron chi connectivity index (χ4n) is 6.02. The van der Waals surface area contributed by atoms with Crippen molar-refractivity contribution in [3.63, 3.8) is 0 Å². The van der Waals surface area contributed by atoms with E-state index in [2.05, 4.69) is 59.0 Å². The molecule has 2 aliphatic rings. The summed E-state index contributed by atoms with van der Waals surface area (Å²) >= 11 is 0. The van der Waals surface area contributed by atoms with Crippen LogP contribution in [0.25, 0.3) is 0 Å². The quantitative estimate of drug-likeness (QED) is 0.256. The molecule has 2 aliphatic heterocycles. The summed E-state index contributed by atoms with van der Waals surface area (Å²) in [6, 6.07) is 20.7. The van der Waals surface area contributed by atoms with E-state index < -0.39 is 0 Å². The maximum absolute atomic E-state index is 11.9. The monoisotopic (exact) mass is 526 g/mol. The number of benzene rings is 2. The molecule has 0 unspecified atom stereocenters. The Hall–Kier alpha value is -3.69. The van der Waals surface area contributed by atoms with Crippen molar-refractivity contribution in [2.75, 3.05) is 38.2 Å². The van der Waals surface area contributed by atoms with Crippen LogP contribution in [-0.4, -0.2) is 44.2 Å². The van der Waals surface area contributed by atoms with Crippen LogP contribution in [0.3, 0.4) is 0 Å². The number of carbonyl (C=O) groups is 1. The van der Waals surface area contributed by atoms with Gasteiger partial charge in [-0.2, -0.15) is 0 Å². The predicted octanol–water partition coefficient (Wildman–Crippen LogP) is 5.90. The van der Waals surface area contributed by atoms with E-state index in [-0.39, 0.29) is 23.7 Å². The lowest BCUT2D eigenvalue weighted by Crippen LogP contribution is -2.44. The number of likely N-dealkylation sites (tertiary alicyclic amines) is 1. The van der Waals surface area contributed by atoms with Crippen molar-refractivity contribution in [1.29, 1.82) is 0 Å². The first kappa shape index (κ1) is 26.9. The molecule has 1 saturated heterocycles. The van der Waals surface area contributed by atoms with Crippen molar-refractivity contribution in [1.82, 2.24) is 4.90 Å². The minimum absolute atomic E-state index is 0.190. The normalized spacial score (nSPS) is 16.8. The zero-order valence-electron chi connectivity index (χ0n) is 23.2. The fourth-order valence-corrected chi connectivity index (χ4v) is 6.02. The number of piperidine rings is 1. The van der Waals surface area contributed by atoms with Crippen molar-refractivity contribution in [3.8, 4) is 17.6 Å². The third-order valence-corrected chi connectivity index (χ3v) is 7.99. The number of rotatable bonds is 9. The first-order chi connectivity index (χ1) is 19.0. The fraction of sp³-hybridized carbons (Fsp3) is 0.424. The van der Waals surface area contributed by atoms with E-state index in [0.717, 1.165) is 49.0 Å². The Morgan fingerprint density at radius 1 is 1.05 bits per heavy atom. The number of hydrogen-bond donors (Lipinski definition) is 0. The summed E-state index contributed by atoms with van der Waals surface area (Å²) in [7, 11) is 2.21. The lowest BCUT2D eigenvalue weighted by atomic mass is 9.74. The highest BCUT2D eigenvalue weighted by Gasteiger charge is 2.43. The van der Waals surface area contributed by atoms with Crippen molar-refractivity contribution < 1.29 is 18.7 Å². The van der Waals surface area contributed by atoms with E-state index in [1.54, 1.807) is 6.92 Å². The molecule has 0 aliphatic carbocycles. The van der Waals surface area contributed by atoms with Gasteiger partial charge in [-0.1, -0.05) is 36.3 Å². The summed E-state index contributed by atoms with van der Waals surface area (Å²) in [6.45, 7) is 8.40. The Kier molecular flexibility index (Phi) is 8.28. The number of para-hydroxylation sites is 1. The van der Waals surface area contributed by atoms with E-state index >= 15 is 0 Å². The van der Waals surface area contributed by atoms with Crippen LogP contribution in [0.5, 0.6) is 5.75 Å². The van der Waals surface area contributed by atoms with Gasteiger partial charge >= 0.3 is 5.97 Å². The van der Waals surface area contributed by atoms with Gasteiger partial charge in [0.15, 0.2) is 0 Å². The zero-order chi connectivity index (χ0) is 27.2. The van der Waals surface area contributed by atoms with Crippen LogP contribution >= 0.6 is 0 Å². The molecule has 39 heavy (non-hydrogen) atoms. The number of anilines is 1. The molecule has 0 bridgehead atoms. The van der Waals surface area contributed by atoms with Gasteiger partial charge in [0.25, 0.3) is 0 Å². The first-order valence-corrected chi connectivity index (χ1v) is 13.9. The maximum atomic E-state index is 11.9. The molecule has 5 rings (SSSR count). The SMILES string of the molecule is CC#C[C@@H](CC(=O)OCC)c1ccc(OCc2ccc(CN3CCC4(CC3)CN(C)c3ccccc34)o2)cc1. The second kappa shape index (κ2) is 12.0. The molecule has 6 heteroatoms. The van der Waals surface area contributed by atoms with E-state index in [1.807, 2.05) is 37.3 Å². The molecule has 2 aromatic carbocycles. The highest BCUT2D eigenvalue weighted by atomic mass is 16.5. The van der Waals surface area contributed by atoms with Crippen LogP contribution in [0.2, 0.25) is 0 Å². The Labute approximate surface area is 231 Å². The van der Waals surface area contributed by atoms with E-state index in [0.29, 0.717) is 13.2 Å². The highest BCUT2D eigenvalue weighted by molar-refractivity contribution is 5.71. The minimum Gasteiger partial charge on any atom is -0.486 e. The molecule has 0 N–H and O–H groups in total. The number of nitrogens with zero attached hydrogens (tertiary/aromatic N) is 2. The van der Waals surface area contributed by atoms with Crippen molar-refractivity contribution in [2.24, 2.45) is 0 Å². The zero-order valence-corrected chi connectivity index (χ0v) is 23.2. The molecular weight excluding hydrogens is 488 g/mol. The molecule has 1 atom stereocenters. The smallest absolute Gasteiger partial charge is 0.307 e. The standard InChI is InChI=1S/C33H38N2O4/c1-4-8-26(21-32(36)37-5-2)25-11-13-27(14-12-25)38-23-29-16-15-28(39-29)22-35-19-17-33(18-20-35)24-34(3)31-10-7-6-9-30(31)33/h6-7,9-16,26H,5,17-24H2,1-3H3/t26-/m0/s1. The Balaban J connectivity index is 1.11. The van der Waals surface area contributed by atoms with Gasteiger partial charge in [-0.25, -0.2) is 0 Å². The average molecular weight is 527 g/mol. The minimum atomic E-state index is -0.236. The van der Waals surface area contributed by atoms with E-state index in [4.69, 9.17) is 13.9 Å². The summed E-state index contributed by atoms with van der Waals surface area (Å²) in [5, 5.41) is 0. The highest BCUT2D eigenvalue weighted by Crippen LogP contribution is 2.46. The van der Waals surface area contributed by atoms with Crippen LogP contribution in [0.15, 0.2) is 65.1 Å². The predicted molar refractivity (Wildman–Crippen MR) is 153 cm³/mol. The average Bonchev–Trinajstić information content (AvgIpc) is 3.51. The number of fused-ring (bicyclic) bond motifs is 2. The topological polar surface area (TPSA) is 55.2 Å². The summed E-state index contributed by atoms with van der Waals surface area (Å²) in [5.74, 6) is 8.14. The molecule has 3 aromatic rings. The van der Waals surface area contributed by atoms with Crippen molar-refractivity contribution in [3.05, 3.63) is 83.3 Å². The van der Waals surface area contributed by atoms with Crippen LogP contribution in [-0.2, 0) is 28.1 Å². The Bertz CT molecular complexity index is 1330. The molecule has 1 fully saturated rings. The van der Waals surface area contributed by atoms with Crippen LogP contribution in [0.1, 0.15) is 61.7 Å². The van der Waals surface area contributed by atoms with Crippen LogP contribution in [0, 0.1) is 11.8 Å². The molecule has 3 heterocycles. The second-order valence-corrected chi connectivity index (χ2v) is 10.6. The van der Waals surface area contributed by atoms with E-state index in [9.17, 15) is 4.79 Å². The van der Waals surface area contributed by atoms with Gasteiger partial charge in [0.2, 0.25) is 0 Å². The van der Waals surface area contributed by atoms with Crippen molar-refractivity contribution in [2.45, 2.75) is 57.6 Å². The molecule has 204 valence electrons. The van der Waals surface area contributed by atoms with Crippen LogP contribution in [0.4, 0.5) is 5.69 Å². The summed E-state index contributed by atoms with van der Waals surface area (Å²) in [5.41, 5.74) is 4.16. The molecule has 1 spiro atoms. The number of ether oxygens (including phenoxy) is 2. The van der Waals surface area contributed by atoms with Gasteiger partial charge in [0, 0.05) is 24.7 Å². The van der Waals surface area contributed by atoms with Crippen molar-refractivity contribution >= 4 is 11.7 Å². The molecule has 0 amide bonds. The van der Waals surface area contributed by atoms with Gasteiger partial charge < -0.3 is 18.8 Å². The Morgan fingerprint density at radius 2 is 1.79 bits per heavy atom. The largest absolute Gasteiger partial charge is 0.486 e. The third kappa shape index (κ3) is 6.15. The van der Waals surface area contributed by atoms with Gasteiger partial charge in [-0.3, -0.25) is 9.69 Å². The molecule has 6 nitrogen and oxygen atoms in total. The molecule has 0 saturated carbocycles. The van der Waals surface area contributed by atoms with Gasteiger partial charge in [0.05, 0.1) is 25.5 Å². The maximum Gasteiger partial charge on any atom is 0.307 e. The molecule has 0 radical (unpaired) electrons. The van der Waals surface area contributed by atoms with Gasteiger partial charge in [-0.05, 0) is 81.2 Å². The lowest BCUT2D eigenvalue weighted by Gasteiger charge is -2.39. The second-order valence-electron chi connectivity index (χ2n) is 10.6. The third-order valence-electron chi connectivity index (χ3n) is 7.99. The summed E-state index contributed by atoms with van der Waals surface area (Å²) in [4.78, 5) is 16.9. The molecule has 1 aromatic heterocycles. The number of esters is 1. The summed E-state index contributed by atoms with van der Waals surface area (Å²) < 4.78 is 17.2. The number of hydrogen-bond acceptors (Lipinski definition) is 6. The number of likely N-dealkylation sites (N-methyl/N-ethyl adjacent to an activating group) is 1. The molecular formula is C33H38N2O4. The van der Waals surface area contributed by atoms with Gasteiger partial charge in [0.1, 0.15) is 23.9 Å². The Morgan fingerprint density at radius 3 is 2.54 bits per heavy atom. The van der Waals surface area contributed by atoms with E-state index in [1.165, 1.54) is 24.1 Å². The lowest BCUT2D eigenvalue weighted by molar-refractivity contribution is -0.143. The first-order valence-electron chi connectivity index (χ1n) is 13.9. The van der Waals surface area contributed by atoms with Gasteiger partial charge in [-0.15, -0.1) is 5.92 Å².